The molecule has 3 N–H and O–H groups in total. The summed E-state index contributed by atoms with van der Waals surface area (Å²) in [5, 5.41) is 28.6. The Morgan fingerprint density at radius 1 is 0.860 bits per heavy atom. The molecule has 13 nitrogen and oxygen atoms in total. The summed E-state index contributed by atoms with van der Waals surface area (Å²) in [5.41, 5.74) is 10.0. The summed E-state index contributed by atoms with van der Waals surface area (Å²) in [6, 6.07) is 27.7. The lowest BCUT2D eigenvalue weighted by atomic mass is 9.83. The second-order valence-electron chi connectivity index (χ2n) is 11.4. The third-order valence-corrected chi connectivity index (χ3v) is 9.28. The smallest absolute Gasteiger partial charge is 0.298 e. The normalized spacial score (nSPS) is 12.2. The van der Waals surface area contributed by atoms with Crippen molar-refractivity contribution in [2.75, 3.05) is 35.0 Å². The number of allylic oxidation sites excluding steroid dienone is 1. The molecule has 57 heavy (non-hydrogen) atoms. The molecule has 0 fully saturated rings. The fourth-order valence-corrected chi connectivity index (χ4v) is 6.87. The number of fused-ring (bicyclic) bond motifs is 4. The summed E-state index contributed by atoms with van der Waals surface area (Å²) in [4.78, 5) is 21.7. The Hall–Kier alpha value is -6.86. The summed E-state index contributed by atoms with van der Waals surface area (Å²) in [7, 11) is 6.21. The molecule has 0 aliphatic carbocycles. The predicted octanol–water partition coefficient (Wildman–Crippen LogP) is 8.88. The van der Waals surface area contributed by atoms with Crippen LogP contribution in [0.15, 0.2) is 112 Å². The van der Waals surface area contributed by atoms with Crippen molar-refractivity contribution in [3.8, 4) is 46.6 Å². The van der Waals surface area contributed by atoms with Crippen LogP contribution in [0.2, 0.25) is 0 Å². The van der Waals surface area contributed by atoms with Gasteiger partial charge in [0.05, 0.1) is 43.3 Å². The van der Waals surface area contributed by atoms with Crippen LogP contribution in [0, 0.1) is 29.2 Å². The monoisotopic (exact) mass is 892 g/mol. The Kier molecular flexibility index (Phi) is 15.6. The zero-order valence-electron chi connectivity index (χ0n) is 31.0. The molecule has 6 aromatic rings. The number of carbonyl (C=O) groups excluding carboxylic acids is 1. The van der Waals surface area contributed by atoms with Crippen molar-refractivity contribution >= 4 is 60.0 Å². The third kappa shape index (κ3) is 10.1. The number of aromatic hydroxyl groups is 1. The molecule has 3 heterocycles. The van der Waals surface area contributed by atoms with Crippen molar-refractivity contribution in [1.29, 1.82) is 10.5 Å². The quantitative estimate of drug-likeness (QED) is 0.0920. The van der Waals surface area contributed by atoms with Gasteiger partial charge in [0.2, 0.25) is 5.88 Å². The van der Waals surface area contributed by atoms with Gasteiger partial charge in [-0.05, 0) is 79.9 Å². The number of hydrogen-bond donors (Lipinski definition) is 2. The van der Waals surface area contributed by atoms with Gasteiger partial charge in [-0.3, -0.25) is 14.8 Å². The molecule has 0 amide bonds. The molecule has 2 aromatic heterocycles. The van der Waals surface area contributed by atoms with Crippen LogP contribution in [-0.2, 0) is 0 Å². The fraction of sp³-hybridized carbons (Fsp3) is 0.143. The second-order valence-corrected chi connectivity index (χ2v) is 13.1. The number of nitrogens with zero attached hydrogens (tertiary/aromatic N) is 5. The molecule has 0 saturated heterocycles. The Morgan fingerprint density at radius 3 is 2.00 bits per heavy atom. The van der Waals surface area contributed by atoms with Crippen molar-refractivity contribution in [2.45, 2.75) is 5.92 Å². The number of hydrogen-bond acceptors (Lipinski definition) is 12. The number of pyridine rings is 2. The van der Waals surface area contributed by atoms with E-state index in [1.54, 1.807) is 64.1 Å². The first-order valence-corrected chi connectivity index (χ1v) is 18.2. The van der Waals surface area contributed by atoms with E-state index in [1.165, 1.54) is 7.11 Å². The maximum absolute atomic E-state index is 10.5. The molecule has 0 spiro atoms. The predicted molar refractivity (Wildman–Crippen MR) is 221 cm³/mol. The van der Waals surface area contributed by atoms with Gasteiger partial charge in [-0.2, -0.15) is 10.5 Å². The molecular weight excluding hydrogens is 860 g/mol. The number of nitriles is 2. The lowest BCUT2D eigenvalue weighted by Gasteiger charge is -2.27. The molecule has 0 radical (unpaired) electrons. The first-order chi connectivity index (χ1) is 27.6. The van der Waals surface area contributed by atoms with Gasteiger partial charge >= 0.3 is 0 Å². The average molecular weight is 895 g/mol. The van der Waals surface area contributed by atoms with E-state index in [-0.39, 0.29) is 18.2 Å². The van der Waals surface area contributed by atoms with Gasteiger partial charge in [0.25, 0.3) is 6.54 Å². The number of aldehydes is 1. The van der Waals surface area contributed by atoms with Gasteiger partial charge in [0.15, 0.2) is 28.7 Å². The van der Waals surface area contributed by atoms with Crippen LogP contribution in [0.1, 0.15) is 27.4 Å². The SMILES string of the molecule is COc1cc(C2C(C#N)=C(N)Oc3c2ccc2cccnc32)cc(Br)c1OC.COc1cc(C=O)cc(Br)c1OC.Oc1cccc2cccnc12.[C-]#[N+]CC#N. The number of halogens is 2. The minimum absolute atomic E-state index is 0.0139. The molecule has 1 unspecified atom stereocenters. The number of phenolic OH excluding ortho intramolecular Hbond substituents is 1. The van der Waals surface area contributed by atoms with Crippen LogP contribution in [0.25, 0.3) is 26.7 Å². The minimum atomic E-state index is -0.420. The number of nitrogens with two attached hydrogens (primary N) is 1. The molecule has 0 bridgehead atoms. The molecule has 1 aliphatic rings. The number of phenols is 1. The van der Waals surface area contributed by atoms with Crippen LogP contribution < -0.4 is 29.4 Å². The van der Waals surface area contributed by atoms with E-state index in [9.17, 15) is 15.2 Å². The highest BCUT2D eigenvalue weighted by atomic mass is 79.9. The molecule has 4 aromatic carbocycles. The van der Waals surface area contributed by atoms with Crippen molar-refractivity contribution in [1.82, 2.24) is 9.97 Å². The third-order valence-electron chi connectivity index (χ3n) is 8.10. The number of ether oxygens (including phenoxy) is 5. The highest BCUT2D eigenvalue weighted by Crippen LogP contribution is 2.47. The van der Waals surface area contributed by atoms with Crippen LogP contribution in [0.4, 0.5) is 0 Å². The summed E-state index contributed by atoms with van der Waals surface area (Å²) in [5.74, 6) is 2.71. The number of rotatable bonds is 6. The van der Waals surface area contributed by atoms with E-state index in [0.29, 0.717) is 59.9 Å². The minimum Gasteiger partial charge on any atom is -0.506 e. The van der Waals surface area contributed by atoms with Crippen molar-refractivity contribution in [2.24, 2.45) is 5.73 Å². The lowest BCUT2D eigenvalue weighted by molar-refractivity contribution is 0.112. The van der Waals surface area contributed by atoms with E-state index in [0.717, 1.165) is 28.2 Å². The Labute approximate surface area is 345 Å². The van der Waals surface area contributed by atoms with Crippen molar-refractivity contribution in [3.63, 3.8) is 0 Å². The standard InChI is InChI=1S/C21H16BrN3O3.C9H9BrO3.C9H7NO.C3H2N2/c1-26-16-9-12(8-15(22)20(16)27-2)17-13-6-5-11-4-3-7-25-18(11)19(13)28-21(24)14(17)10-23;1-12-8-4-6(5-11)3-7(10)9(8)13-2;11-8-5-1-3-7-4-2-6-10-9(7)8;1-5-3-2-4/h3-9,17H,24H2,1-2H3;3-5H,1-2H3;1-6,11H;3H2. The summed E-state index contributed by atoms with van der Waals surface area (Å²) in [6.45, 7) is 5.99. The molecular formula is C42H34Br2N6O7. The van der Waals surface area contributed by atoms with Gasteiger partial charge in [-0.1, -0.05) is 36.4 Å². The van der Waals surface area contributed by atoms with E-state index in [2.05, 4.69) is 52.7 Å². The molecule has 1 aliphatic heterocycles. The average Bonchev–Trinajstić information content (AvgIpc) is 3.23. The first kappa shape index (κ1) is 42.9. The van der Waals surface area contributed by atoms with Gasteiger partial charge in [0.1, 0.15) is 40.8 Å². The number of methoxy groups -OCH3 is 4. The number of aromatic nitrogens is 2. The van der Waals surface area contributed by atoms with Gasteiger partial charge < -0.3 is 39.4 Å². The Balaban J connectivity index is 0.000000204. The zero-order chi connectivity index (χ0) is 41.5. The molecule has 7 rings (SSSR count). The summed E-state index contributed by atoms with van der Waals surface area (Å²) < 4.78 is 28.3. The van der Waals surface area contributed by atoms with Crippen molar-refractivity contribution in [3.05, 3.63) is 140 Å². The van der Waals surface area contributed by atoms with Gasteiger partial charge in [0, 0.05) is 34.3 Å². The summed E-state index contributed by atoms with van der Waals surface area (Å²) >= 11 is 6.80. The largest absolute Gasteiger partial charge is 0.506 e. The number of benzene rings is 4. The highest BCUT2D eigenvalue weighted by molar-refractivity contribution is 9.11. The van der Waals surface area contributed by atoms with E-state index >= 15 is 0 Å². The van der Waals surface area contributed by atoms with Crippen molar-refractivity contribution < 1.29 is 33.6 Å². The lowest BCUT2D eigenvalue weighted by Crippen LogP contribution is -2.21. The second kappa shape index (κ2) is 20.7. The van der Waals surface area contributed by atoms with E-state index < -0.39 is 5.92 Å². The summed E-state index contributed by atoms with van der Waals surface area (Å²) in [6.07, 6.45) is 4.13. The van der Waals surface area contributed by atoms with Crippen LogP contribution >= 0.6 is 31.9 Å². The first-order valence-electron chi connectivity index (χ1n) is 16.6. The number of carbonyl (C=O) groups is 1. The Bertz CT molecular complexity index is 2550. The fourth-order valence-electron chi connectivity index (χ4n) is 5.63. The van der Waals surface area contributed by atoms with Crippen LogP contribution in [0.5, 0.6) is 34.5 Å². The van der Waals surface area contributed by atoms with Crippen LogP contribution in [0.3, 0.4) is 0 Å². The maximum atomic E-state index is 10.5. The van der Waals surface area contributed by atoms with E-state index in [4.69, 9.17) is 41.3 Å². The van der Waals surface area contributed by atoms with Gasteiger partial charge in [-0.25, -0.2) is 6.57 Å². The van der Waals surface area contributed by atoms with E-state index in [1.807, 2.05) is 54.6 Å². The van der Waals surface area contributed by atoms with Gasteiger partial charge in [-0.15, -0.1) is 0 Å². The maximum Gasteiger partial charge on any atom is 0.298 e. The highest BCUT2D eigenvalue weighted by Gasteiger charge is 2.33. The Morgan fingerprint density at radius 2 is 1.46 bits per heavy atom. The topological polar surface area (TPSA) is 187 Å². The van der Waals surface area contributed by atoms with Crippen LogP contribution in [-0.4, -0.2) is 56.3 Å². The molecule has 0 saturated carbocycles. The molecule has 288 valence electrons. The molecule has 15 heteroatoms. The molecule has 1 atom stereocenters. The number of para-hydroxylation sites is 1. The zero-order valence-corrected chi connectivity index (χ0v) is 34.2.